The molecule has 1 aliphatic heterocycles. The number of thiazole rings is 1. The molecular formula is C33H29ClN2O5S2. The van der Waals surface area contributed by atoms with Gasteiger partial charge in [0.05, 0.1) is 40.6 Å². The zero-order valence-electron chi connectivity index (χ0n) is 23.8. The number of aromatic nitrogens is 1. The highest BCUT2D eigenvalue weighted by atomic mass is 35.5. The molecule has 43 heavy (non-hydrogen) atoms. The molecule has 220 valence electrons. The van der Waals surface area contributed by atoms with E-state index >= 15 is 0 Å². The van der Waals surface area contributed by atoms with Gasteiger partial charge in [-0.05, 0) is 54.6 Å². The first-order chi connectivity index (χ1) is 20.9. The quantitative estimate of drug-likeness (QED) is 0.123. The molecule has 4 aromatic rings. The molecular weight excluding hydrogens is 604 g/mol. The van der Waals surface area contributed by atoms with E-state index in [0.717, 1.165) is 16.0 Å². The van der Waals surface area contributed by atoms with E-state index in [1.54, 1.807) is 47.5 Å². The predicted octanol–water partition coefficient (Wildman–Crippen LogP) is 5.88. The molecule has 0 aliphatic carbocycles. The zero-order chi connectivity index (χ0) is 30.5. The first-order valence-electron chi connectivity index (χ1n) is 13.4. The molecule has 7 nitrogen and oxygen atoms in total. The van der Waals surface area contributed by atoms with Crippen LogP contribution >= 0.6 is 34.7 Å². The largest absolute Gasteiger partial charge is 0.493 e. The van der Waals surface area contributed by atoms with Crippen molar-refractivity contribution in [2.24, 2.45) is 4.99 Å². The molecule has 0 amide bonds. The number of hydrogen-bond donors (Lipinski definition) is 0. The molecule has 3 aromatic carbocycles. The Hall–Kier alpha value is -4.05. The molecule has 1 aromatic heterocycles. The van der Waals surface area contributed by atoms with Crippen LogP contribution in [0.25, 0.3) is 11.8 Å². The average Bonchev–Trinajstić information content (AvgIpc) is 3.34. The fourth-order valence-electron chi connectivity index (χ4n) is 4.80. The smallest absolute Gasteiger partial charge is 0.338 e. The van der Waals surface area contributed by atoms with Gasteiger partial charge in [-0.25, -0.2) is 9.79 Å². The van der Waals surface area contributed by atoms with Crippen molar-refractivity contribution in [1.82, 2.24) is 4.57 Å². The van der Waals surface area contributed by atoms with Crippen LogP contribution in [0, 0.1) is 0 Å². The number of carbonyl (C=O) groups excluding carboxylic acids is 1. The normalized spacial score (nSPS) is 14.6. The summed E-state index contributed by atoms with van der Waals surface area (Å²) in [7, 11) is 1.52. The van der Waals surface area contributed by atoms with Gasteiger partial charge < -0.3 is 14.2 Å². The van der Waals surface area contributed by atoms with Crippen molar-refractivity contribution in [2.75, 3.05) is 26.6 Å². The Labute approximate surface area is 262 Å². The van der Waals surface area contributed by atoms with Gasteiger partial charge in [-0.3, -0.25) is 9.36 Å². The molecule has 0 radical (unpaired) electrons. The number of halogens is 1. The van der Waals surface area contributed by atoms with Crippen molar-refractivity contribution in [2.45, 2.75) is 17.9 Å². The van der Waals surface area contributed by atoms with Crippen LogP contribution in [0.2, 0.25) is 5.02 Å². The number of nitrogens with zero attached hydrogens (tertiary/aromatic N) is 2. The van der Waals surface area contributed by atoms with Gasteiger partial charge in [0.1, 0.15) is 6.61 Å². The van der Waals surface area contributed by atoms with E-state index in [-0.39, 0.29) is 18.8 Å². The summed E-state index contributed by atoms with van der Waals surface area (Å²) in [5.41, 5.74) is 2.65. The number of ether oxygens (including phenoxy) is 3. The van der Waals surface area contributed by atoms with Gasteiger partial charge in [0.25, 0.3) is 5.56 Å². The predicted molar refractivity (Wildman–Crippen MR) is 173 cm³/mol. The lowest BCUT2D eigenvalue weighted by Gasteiger charge is -2.26. The lowest BCUT2D eigenvalue weighted by atomic mass is 9.93. The Balaban J connectivity index is 1.76. The maximum Gasteiger partial charge on any atom is 0.338 e. The maximum atomic E-state index is 14.1. The van der Waals surface area contributed by atoms with Crippen molar-refractivity contribution in [3.63, 3.8) is 0 Å². The van der Waals surface area contributed by atoms with E-state index in [0.29, 0.717) is 42.7 Å². The van der Waals surface area contributed by atoms with E-state index in [1.807, 2.05) is 60.9 Å². The number of carbonyl (C=O) groups is 1. The van der Waals surface area contributed by atoms with E-state index in [1.165, 1.54) is 18.4 Å². The molecule has 0 saturated heterocycles. The average molecular weight is 633 g/mol. The Morgan fingerprint density at radius 2 is 1.91 bits per heavy atom. The molecule has 5 rings (SSSR count). The topological polar surface area (TPSA) is 79.1 Å². The Morgan fingerprint density at radius 3 is 2.56 bits per heavy atom. The number of methoxy groups -OCH3 is 1. The number of fused-ring (bicyclic) bond motifs is 1. The van der Waals surface area contributed by atoms with E-state index in [4.69, 9.17) is 30.8 Å². The fourth-order valence-corrected chi connectivity index (χ4v) is 6.48. The fraction of sp³-hybridized carbons (Fsp3) is 0.182. The summed E-state index contributed by atoms with van der Waals surface area (Å²) in [6.45, 7) is 5.87. The molecule has 2 heterocycles. The minimum absolute atomic E-state index is 0.183. The van der Waals surface area contributed by atoms with Crippen LogP contribution in [0.5, 0.6) is 11.5 Å². The molecule has 0 N–H and O–H groups in total. The summed E-state index contributed by atoms with van der Waals surface area (Å²) < 4.78 is 18.7. The summed E-state index contributed by atoms with van der Waals surface area (Å²) in [5, 5.41) is 0.336. The lowest BCUT2D eigenvalue weighted by molar-refractivity contribution is -0.138. The number of thioether (sulfide) groups is 1. The molecule has 1 atom stereocenters. The molecule has 0 fully saturated rings. The van der Waals surface area contributed by atoms with Crippen molar-refractivity contribution in [3.8, 4) is 11.5 Å². The minimum atomic E-state index is -0.753. The first-order valence-corrected chi connectivity index (χ1v) is 15.9. The second kappa shape index (κ2) is 13.5. The van der Waals surface area contributed by atoms with Gasteiger partial charge in [-0.1, -0.05) is 78.1 Å². The Bertz CT molecular complexity index is 1880. The third-order valence-electron chi connectivity index (χ3n) is 6.70. The Morgan fingerprint density at radius 1 is 1.16 bits per heavy atom. The van der Waals surface area contributed by atoms with Crippen LogP contribution in [0.4, 0.5) is 0 Å². The number of benzene rings is 3. The SMILES string of the molecule is C=CCOc1c(Cl)cc(/C=c2\sc3n(c2=O)[C@H](c2ccc(SC)cc2)C(C(=O)OCC)=C(c2ccccc2)N=3)cc1OC. The number of esters is 1. The molecule has 1 aliphatic rings. The van der Waals surface area contributed by atoms with Crippen LogP contribution in [-0.2, 0) is 9.53 Å². The summed E-state index contributed by atoms with van der Waals surface area (Å²) in [6, 6.07) is 20.0. The van der Waals surface area contributed by atoms with E-state index in [2.05, 4.69) is 6.58 Å². The van der Waals surface area contributed by atoms with Crippen LogP contribution < -0.4 is 24.4 Å². The molecule has 0 unspecified atom stereocenters. The number of rotatable bonds is 10. The van der Waals surface area contributed by atoms with Crippen molar-refractivity contribution in [1.29, 1.82) is 0 Å². The van der Waals surface area contributed by atoms with Crippen LogP contribution in [0.3, 0.4) is 0 Å². The van der Waals surface area contributed by atoms with Gasteiger partial charge >= 0.3 is 5.97 Å². The third kappa shape index (κ3) is 6.20. The lowest BCUT2D eigenvalue weighted by Crippen LogP contribution is -2.40. The third-order valence-corrected chi connectivity index (χ3v) is 8.71. The van der Waals surface area contributed by atoms with Crippen LogP contribution in [0.1, 0.15) is 29.7 Å². The van der Waals surface area contributed by atoms with E-state index in [9.17, 15) is 9.59 Å². The number of hydrogen-bond acceptors (Lipinski definition) is 8. The summed E-state index contributed by atoms with van der Waals surface area (Å²) in [6.07, 6.45) is 5.35. The molecule has 0 bridgehead atoms. The summed E-state index contributed by atoms with van der Waals surface area (Å²) >= 11 is 9.38. The highest BCUT2D eigenvalue weighted by Gasteiger charge is 2.35. The summed E-state index contributed by atoms with van der Waals surface area (Å²) in [5.74, 6) is 0.295. The minimum Gasteiger partial charge on any atom is -0.493 e. The van der Waals surface area contributed by atoms with Gasteiger partial charge in [-0.2, -0.15) is 0 Å². The van der Waals surface area contributed by atoms with Crippen molar-refractivity contribution < 1.29 is 19.0 Å². The van der Waals surface area contributed by atoms with Gasteiger partial charge in [0, 0.05) is 10.5 Å². The maximum absolute atomic E-state index is 14.1. The standard InChI is InChI=1S/C33H29ClN2O5S2/c1-5-16-41-30-24(34)17-20(18-25(30)39-3)19-26-31(37)36-29(22-12-14-23(42-4)15-13-22)27(32(38)40-6-2)28(35-33(36)43-26)21-10-8-7-9-11-21/h5,7-15,17-19,29H,1,6,16H2,2-4H3/b26-19-/t29-/m1/s1. The highest BCUT2D eigenvalue weighted by Crippen LogP contribution is 2.37. The molecule has 0 saturated carbocycles. The van der Waals surface area contributed by atoms with Crippen LogP contribution in [0.15, 0.2) is 99.6 Å². The zero-order valence-corrected chi connectivity index (χ0v) is 26.2. The second-order valence-electron chi connectivity index (χ2n) is 9.34. The van der Waals surface area contributed by atoms with Gasteiger partial charge in [-0.15, -0.1) is 11.8 Å². The van der Waals surface area contributed by atoms with Crippen molar-refractivity contribution >= 4 is 52.4 Å². The Kier molecular flexibility index (Phi) is 9.55. The van der Waals surface area contributed by atoms with Crippen LogP contribution in [-0.4, -0.2) is 37.1 Å². The first kappa shape index (κ1) is 30.4. The summed E-state index contributed by atoms with van der Waals surface area (Å²) in [4.78, 5) is 34.2. The highest BCUT2D eigenvalue weighted by molar-refractivity contribution is 7.98. The second-order valence-corrected chi connectivity index (χ2v) is 11.6. The molecule has 0 spiro atoms. The van der Waals surface area contributed by atoms with Gasteiger partial charge in [0.2, 0.25) is 0 Å². The molecule has 10 heteroatoms. The monoisotopic (exact) mass is 632 g/mol. The van der Waals surface area contributed by atoms with E-state index < -0.39 is 12.0 Å². The van der Waals surface area contributed by atoms with Gasteiger partial charge in [0.15, 0.2) is 16.3 Å². The van der Waals surface area contributed by atoms with Crippen molar-refractivity contribution in [3.05, 3.63) is 126 Å².